The molecule has 0 radical (unpaired) electrons. The third-order valence-electron chi connectivity index (χ3n) is 6.19. The van der Waals surface area contributed by atoms with Crippen LogP contribution in [0.4, 0.5) is 17.1 Å². The molecule has 1 aliphatic rings. The SMILES string of the molecule is CCOc1cc2nc(CC)c(C#N)c(Nc3ccc(OC4CCOCC4)c(Cl)c3)c2cc1NC(=O)/C=C/CCl. The molecular formula is C29H30Cl2N4O4. The van der Waals surface area contributed by atoms with Crippen LogP contribution in [0.1, 0.15) is 37.9 Å². The number of carbonyl (C=O) groups excluding carboxylic acids is 1. The normalized spacial score (nSPS) is 13.8. The van der Waals surface area contributed by atoms with Crippen molar-refractivity contribution in [2.75, 3.05) is 36.3 Å². The number of benzene rings is 2. The van der Waals surface area contributed by atoms with Crippen molar-refractivity contribution in [2.24, 2.45) is 0 Å². The number of hydrogen-bond donors (Lipinski definition) is 2. The molecule has 1 fully saturated rings. The summed E-state index contributed by atoms with van der Waals surface area (Å²) in [5.74, 6) is 0.935. The second-order valence-electron chi connectivity index (χ2n) is 8.82. The number of alkyl halides is 1. The van der Waals surface area contributed by atoms with Crippen LogP contribution < -0.4 is 20.1 Å². The summed E-state index contributed by atoms with van der Waals surface area (Å²) in [7, 11) is 0. The van der Waals surface area contributed by atoms with Crippen molar-refractivity contribution in [3.05, 3.63) is 58.8 Å². The van der Waals surface area contributed by atoms with E-state index in [1.54, 1.807) is 24.3 Å². The quantitative estimate of drug-likeness (QED) is 0.205. The van der Waals surface area contributed by atoms with Gasteiger partial charge in [-0.2, -0.15) is 5.26 Å². The predicted octanol–water partition coefficient (Wildman–Crippen LogP) is 6.76. The molecule has 2 N–H and O–H groups in total. The minimum atomic E-state index is -0.351. The van der Waals surface area contributed by atoms with E-state index in [-0.39, 0.29) is 17.9 Å². The average Bonchev–Trinajstić information content (AvgIpc) is 2.94. The minimum absolute atomic E-state index is 0.0592. The molecule has 8 nitrogen and oxygen atoms in total. The number of fused-ring (bicyclic) bond motifs is 1. The summed E-state index contributed by atoms with van der Waals surface area (Å²) in [5.41, 5.74) is 3.36. The number of halogens is 2. The standard InChI is InChI=1S/C29H30Cl2N4O4/c1-3-23-21(17-32)29(33-18-7-8-26(22(31)14-18)39-19-9-12-37-13-10-19)20-15-25(35-28(36)6-5-11-30)27(38-4-2)16-24(20)34-23/h5-8,14-16,19H,3-4,9-13H2,1-2H3,(H,33,34)(H,35,36)/b6-5+. The summed E-state index contributed by atoms with van der Waals surface area (Å²) >= 11 is 12.3. The maximum Gasteiger partial charge on any atom is 0.248 e. The molecule has 0 saturated carbocycles. The molecule has 1 saturated heterocycles. The van der Waals surface area contributed by atoms with Crippen molar-refractivity contribution in [1.29, 1.82) is 5.26 Å². The fourth-order valence-electron chi connectivity index (χ4n) is 4.34. The first kappa shape index (κ1) is 28.5. The van der Waals surface area contributed by atoms with Crippen LogP contribution in [0, 0.1) is 11.3 Å². The highest BCUT2D eigenvalue weighted by atomic mass is 35.5. The van der Waals surface area contributed by atoms with E-state index in [1.807, 2.05) is 26.0 Å². The molecule has 0 spiro atoms. The van der Waals surface area contributed by atoms with Crippen LogP contribution in [0.25, 0.3) is 10.9 Å². The van der Waals surface area contributed by atoms with E-state index in [0.29, 0.717) is 82.0 Å². The van der Waals surface area contributed by atoms with Crippen LogP contribution >= 0.6 is 23.2 Å². The van der Waals surface area contributed by atoms with Gasteiger partial charge in [-0.1, -0.05) is 24.6 Å². The molecule has 204 valence electrons. The Morgan fingerprint density at radius 3 is 2.69 bits per heavy atom. The molecule has 4 rings (SSSR count). The maximum atomic E-state index is 12.4. The van der Waals surface area contributed by atoms with Gasteiger partial charge in [0.2, 0.25) is 5.91 Å². The van der Waals surface area contributed by atoms with Gasteiger partial charge in [0.05, 0.1) is 53.0 Å². The van der Waals surface area contributed by atoms with Gasteiger partial charge in [-0.3, -0.25) is 9.78 Å². The minimum Gasteiger partial charge on any atom is -0.492 e. The largest absolute Gasteiger partial charge is 0.492 e. The van der Waals surface area contributed by atoms with Crippen LogP contribution in [-0.4, -0.2) is 42.7 Å². The molecule has 2 heterocycles. The van der Waals surface area contributed by atoms with Crippen LogP contribution in [0.3, 0.4) is 0 Å². The van der Waals surface area contributed by atoms with Crippen molar-refractivity contribution < 1.29 is 19.0 Å². The molecule has 3 aromatic rings. The van der Waals surface area contributed by atoms with Crippen molar-refractivity contribution in [3.8, 4) is 17.6 Å². The number of anilines is 3. The Kier molecular flexibility index (Phi) is 9.88. The number of aryl methyl sites for hydroxylation is 1. The summed E-state index contributed by atoms with van der Waals surface area (Å²) < 4.78 is 17.3. The van der Waals surface area contributed by atoms with E-state index in [2.05, 4.69) is 16.7 Å². The first-order valence-corrected chi connectivity index (χ1v) is 13.8. The van der Waals surface area contributed by atoms with Crippen LogP contribution in [0.15, 0.2) is 42.5 Å². The number of nitriles is 1. The highest BCUT2D eigenvalue weighted by Gasteiger charge is 2.20. The van der Waals surface area contributed by atoms with E-state index in [4.69, 9.17) is 42.4 Å². The lowest BCUT2D eigenvalue weighted by Crippen LogP contribution is -2.25. The highest BCUT2D eigenvalue weighted by molar-refractivity contribution is 6.32. The lowest BCUT2D eigenvalue weighted by Gasteiger charge is -2.24. The Bertz CT molecular complexity index is 1410. The van der Waals surface area contributed by atoms with Crippen molar-refractivity contribution in [3.63, 3.8) is 0 Å². The van der Waals surface area contributed by atoms with E-state index in [9.17, 15) is 10.1 Å². The Hall–Kier alpha value is -3.51. The number of rotatable bonds is 10. The van der Waals surface area contributed by atoms with Gasteiger partial charge in [0.25, 0.3) is 0 Å². The summed E-state index contributed by atoms with van der Waals surface area (Å²) in [6.45, 7) is 5.54. The average molecular weight is 569 g/mol. The molecule has 39 heavy (non-hydrogen) atoms. The van der Waals surface area contributed by atoms with Gasteiger partial charge >= 0.3 is 0 Å². The Morgan fingerprint density at radius 1 is 1.23 bits per heavy atom. The zero-order valence-corrected chi connectivity index (χ0v) is 23.4. The second kappa shape index (κ2) is 13.5. The van der Waals surface area contributed by atoms with Gasteiger partial charge in [0.1, 0.15) is 23.7 Å². The second-order valence-corrected chi connectivity index (χ2v) is 9.53. The molecular weight excluding hydrogens is 539 g/mol. The topological polar surface area (TPSA) is 106 Å². The van der Waals surface area contributed by atoms with Crippen LogP contribution in [0.5, 0.6) is 11.5 Å². The molecule has 1 amide bonds. The molecule has 0 unspecified atom stereocenters. The number of hydrogen-bond acceptors (Lipinski definition) is 7. The van der Waals surface area contributed by atoms with Crippen molar-refractivity contribution in [1.82, 2.24) is 4.98 Å². The zero-order valence-electron chi connectivity index (χ0n) is 21.9. The summed E-state index contributed by atoms with van der Waals surface area (Å²) in [5, 5.41) is 17.4. The fraction of sp³-hybridized carbons (Fsp3) is 0.345. The third kappa shape index (κ3) is 6.93. The lowest BCUT2D eigenvalue weighted by molar-refractivity contribution is -0.111. The zero-order chi connectivity index (χ0) is 27.8. The Morgan fingerprint density at radius 2 is 2.03 bits per heavy atom. The maximum absolute atomic E-state index is 12.4. The van der Waals surface area contributed by atoms with Gasteiger partial charge in [-0.05, 0) is 37.6 Å². The number of allylic oxidation sites excluding steroid dienone is 1. The fourth-order valence-corrected chi connectivity index (χ4v) is 4.65. The van der Waals surface area contributed by atoms with Gasteiger partial charge in [0.15, 0.2) is 0 Å². The van der Waals surface area contributed by atoms with E-state index < -0.39 is 0 Å². The molecule has 0 bridgehead atoms. The molecule has 1 aliphatic heterocycles. The number of amides is 1. The Labute approximate surface area is 237 Å². The first-order chi connectivity index (χ1) is 19.0. The highest BCUT2D eigenvalue weighted by Crippen LogP contribution is 2.39. The summed E-state index contributed by atoms with van der Waals surface area (Å²) in [6.07, 6.45) is 5.15. The number of carbonyl (C=O) groups is 1. The monoisotopic (exact) mass is 568 g/mol. The van der Waals surface area contributed by atoms with Crippen LogP contribution in [-0.2, 0) is 16.0 Å². The molecule has 1 aromatic heterocycles. The van der Waals surface area contributed by atoms with E-state index in [0.717, 1.165) is 12.8 Å². The van der Waals surface area contributed by atoms with Crippen molar-refractivity contribution in [2.45, 2.75) is 39.2 Å². The Balaban J connectivity index is 1.76. The van der Waals surface area contributed by atoms with Gasteiger partial charge in [-0.25, -0.2) is 0 Å². The first-order valence-electron chi connectivity index (χ1n) is 12.8. The third-order valence-corrected chi connectivity index (χ3v) is 6.66. The van der Waals surface area contributed by atoms with Crippen molar-refractivity contribution >= 4 is 57.1 Å². The lowest BCUT2D eigenvalue weighted by atomic mass is 10.0. The van der Waals surface area contributed by atoms with Gasteiger partial charge < -0.3 is 24.8 Å². The number of aromatic nitrogens is 1. The van der Waals surface area contributed by atoms with Gasteiger partial charge in [0, 0.05) is 41.9 Å². The van der Waals surface area contributed by atoms with E-state index in [1.165, 1.54) is 6.08 Å². The summed E-state index contributed by atoms with van der Waals surface area (Å²) in [6, 6.07) is 11.3. The van der Waals surface area contributed by atoms with E-state index >= 15 is 0 Å². The summed E-state index contributed by atoms with van der Waals surface area (Å²) in [4.78, 5) is 17.2. The number of nitrogens with one attached hydrogen (secondary N) is 2. The van der Waals surface area contributed by atoms with Gasteiger partial charge in [-0.15, -0.1) is 11.6 Å². The molecule has 2 aromatic carbocycles. The molecule has 10 heteroatoms. The molecule has 0 aliphatic carbocycles. The smallest absolute Gasteiger partial charge is 0.248 e. The molecule has 0 atom stereocenters. The number of nitrogens with zero attached hydrogens (tertiary/aromatic N) is 2. The predicted molar refractivity (Wildman–Crippen MR) is 155 cm³/mol. The number of pyridine rings is 1. The number of ether oxygens (including phenoxy) is 3. The van der Waals surface area contributed by atoms with Crippen LogP contribution in [0.2, 0.25) is 5.02 Å².